The van der Waals surface area contributed by atoms with Crippen LogP contribution in [-0.2, 0) is 24.4 Å². The molecule has 0 bridgehead atoms. The number of aromatic nitrogens is 3. The van der Waals surface area contributed by atoms with E-state index in [4.69, 9.17) is 9.15 Å². The summed E-state index contributed by atoms with van der Waals surface area (Å²) in [6.45, 7) is 5.69. The van der Waals surface area contributed by atoms with E-state index in [1.807, 2.05) is 19.1 Å². The molecule has 3 heterocycles. The van der Waals surface area contributed by atoms with E-state index in [1.54, 1.807) is 6.26 Å². The first-order valence-corrected chi connectivity index (χ1v) is 7.11. The van der Waals surface area contributed by atoms with Gasteiger partial charge in [0.1, 0.15) is 24.0 Å². The number of aryl methyl sites for hydroxylation is 1. The molecule has 114 valence electrons. The Kier molecular flexibility index (Phi) is 4.33. The number of hydrogen-bond acceptors (Lipinski definition) is 6. The van der Waals surface area contributed by atoms with Crippen LogP contribution in [0.2, 0.25) is 0 Å². The van der Waals surface area contributed by atoms with Crippen molar-refractivity contribution < 1.29 is 14.3 Å². The molecule has 2 aromatic heterocycles. The first-order chi connectivity index (χ1) is 10.2. The average Bonchev–Trinajstić information content (AvgIpc) is 3.09. The molecule has 0 aromatic carbocycles. The van der Waals surface area contributed by atoms with Gasteiger partial charge in [-0.3, -0.25) is 4.90 Å². The highest BCUT2D eigenvalue weighted by Crippen LogP contribution is 2.12. The highest BCUT2D eigenvalue weighted by Gasteiger charge is 2.21. The summed E-state index contributed by atoms with van der Waals surface area (Å²) in [4.78, 5) is 2.17. The van der Waals surface area contributed by atoms with Crippen LogP contribution in [0.5, 0.6) is 0 Å². The lowest BCUT2D eigenvalue weighted by Crippen LogP contribution is -2.40. The summed E-state index contributed by atoms with van der Waals surface area (Å²) in [5, 5.41) is 18.3. The van der Waals surface area contributed by atoms with Crippen LogP contribution in [0.25, 0.3) is 0 Å². The van der Waals surface area contributed by atoms with Crippen molar-refractivity contribution in [1.82, 2.24) is 19.7 Å². The van der Waals surface area contributed by atoms with Crippen molar-refractivity contribution in [2.75, 3.05) is 19.7 Å². The van der Waals surface area contributed by atoms with E-state index in [2.05, 4.69) is 19.7 Å². The minimum atomic E-state index is -0.518. The summed E-state index contributed by atoms with van der Waals surface area (Å²) >= 11 is 0. The van der Waals surface area contributed by atoms with E-state index in [0.717, 1.165) is 37.0 Å². The van der Waals surface area contributed by atoms with E-state index in [-0.39, 0.29) is 0 Å². The monoisotopic (exact) mass is 292 g/mol. The molecular weight excluding hydrogens is 272 g/mol. The number of ether oxygens (including phenoxy) is 1. The summed E-state index contributed by atoms with van der Waals surface area (Å²) in [5.74, 6) is 2.68. The van der Waals surface area contributed by atoms with Crippen molar-refractivity contribution in [2.45, 2.75) is 32.7 Å². The molecule has 0 amide bonds. The smallest absolute Gasteiger partial charge is 0.147 e. The van der Waals surface area contributed by atoms with Crippen molar-refractivity contribution in [3.63, 3.8) is 0 Å². The Morgan fingerprint density at radius 1 is 1.43 bits per heavy atom. The number of β-amino-alcohol motifs (C(OH)–C–C–N with tert-alkyl or cyclic N) is 1. The van der Waals surface area contributed by atoms with Crippen LogP contribution in [0.15, 0.2) is 22.8 Å². The fourth-order valence-electron chi connectivity index (χ4n) is 2.55. The highest BCUT2D eigenvalue weighted by atomic mass is 16.5. The number of rotatable bonds is 6. The second-order valence-corrected chi connectivity index (χ2v) is 5.30. The summed E-state index contributed by atoms with van der Waals surface area (Å²) < 4.78 is 12.7. The van der Waals surface area contributed by atoms with Crippen LogP contribution >= 0.6 is 0 Å². The van der Waals surface area contributed by atoms with Crippen LogP contribution < -0.4 is 0 Å². The minimum Gasteiger partial charge on any atom is -0.467 e. The fourth-order valence-corrected chi connectivity index (χ4v) is 2.55. The summed E-state index contributed by atoms with van der Waals surface area (Å²) in [5.41, 5.74) is 0. The molecule has 0 aliphatic carbocycles. The molecule has 1 atom stereocenters. The van der Waals surface area contributed by atoms with Crippen molar-refractivity contribution >= 4 is 0 Å². The van der Waals surface area contributed by atoms with Gasteiger partial charge in [-0.1, -0.05) is 0 Å². The van der Waals surface area contributed by atoms with E-state index in [0.29, 0.717) is 19.8 Å². The van der Waals surface area contributed by atoms with Crippen LogP contribution in [0, 0.1) is 6.92 Å². The van der Waals surface area contributed by atoms with Gasteiger partial charge in [0.05, 0.1) is 25.5 Å². The van der Waals surface area contributed by atoms with Gasteiger partial charge in [0.2, 0.25) is 0 Å². The Hall–Kier alpha value is -1.70. The molecule has 0 saturated heterocycles. The Morgan fingerprint density at radius 2 is 2.33 bits per heavy atom. The average molecular weight is 292 g/mol. The Bertz CT molecular complexity index is 567. The predicted octanol–water partition coefficient (Wildman–Crippen LogP) is 0.573. The molecule has 1 aliphatic rings. The predicted molar refractivity (Wildman–Crippen MR) is 74.4 cm³/mol. The zero-order valence-electron chi connectivity index (χ0n) is 12.1. The quantitative estimate of drug-likeness (QED) is 0.839. The van der Waals surface area contributed by atoms with E-state index in [1.165, 1.54) is 0 Å². The van der Waals surface area contributed by atoms with E-state index >= 15 is 0 Å². The number of furan rings is 1. The van der Waals surface area contributed by atoms with Crippen LogP contribution in [-0.4, -0.2) is 50.6 Å². The molecule has 1 N–H and O–H groups in total. The second-order valence-electron chi connectivity index (χ2n) is 5.30. The van der Waals surface area contributed by atoms with Gasteiger partial charge in [-0.2, -0.15) is 0 Å². The molecule has 2 aromatic rings. The Morgan fingerprint density at radius 3 is 3.14 bits per heavy atom. The van der Waals surface area contributed by atoms with Gasteiger partial charge >= 0.3 is 0 Å². The first-order valence-electron chi connectivity index (χ1n) is 7.11. The highest BCUT2D eigenvalue weighted by molar-refractivity contribution is 4.97. The maximum Gasteiger partial charge on any atom is 0.147 e. The Labute approximate surface area is 123 Å². The molecule has 7 nitrogen and oxygen atoms in total. The fraction of sp³-hybridized carbons (Fsp3) is 0.571. The summed E-state index contributed by atoms with van der Waals surface area (Å²) in [6, 6.07) is 3.67. The number of nitrogens with zero attached hydrogens (tertiary/aromatic N) is 4. The van der Waals surface area contributed by atoms with Crippen LogP contribution in [0.3, 0.4) is 0 Å². The lowest BCUT2D eigenvalue weighted by Gasteiger charge is -2.29. The molecule has 0 radical (unpaired) electrons. The van der Waals surface area contributed by atoms with Gasteiger partial charge in [-0.25, -0.2) is 0 Å². The minimum absolute atomic E-state index is 0.295. The third-order valence-electron chi connectivity index (χ3n) is 3.62. The van der Waals surface area contributed by atoms with E-state index in [9.17, 15) is 5.11 Å². The zero-order chi connectivity index (χ0) is 14.7. The molecule has 0 fully saturated rings. The molecular formula is C14H20N4O3. The SMILES string of the molecule is Cc1nnc2n1CCN(C[C@H](O)COCc1ccco1)C2. The third kappa shape index (κ3) is 3.49. The van der Waals surface area contributed by atoms with Crippen molar-refractivity contribution in [1.29, 1.82) is 0 Å². The Balaban J connectivity index is 1.42. The molecule has 0 spiro atoms. The number of aliphatic hydroxyl groups is 1. The number of hydrogen-bond donors (Lipinski definition) is 1. The first kappa shape index (κ1) is 14.2. The maximum atomic E-state index is 10.0. The van der Waals surface area contributed by atoms with Gasteiger partial charge in [0, 0.05) is 19.6 Å². The maximum absolute atomic E-state index is 10.0. The van der Waals surface area contributed by atoms with Crippen LogP contribution in [0.1, 0.15) is 17.4 Å². The van der Waals surface area contributed by atoms with Gasteiger partial charge in [-0.15, -0.1) is 10.2 Å². The van der Waals surface area contributed by atoms with Gasteiger partial charge in [-0.05, 0) is 19.1 Å². The lowest BCUT2D eigenvalue weighted by molar-refractivity contribution is 0.000935. The number of aliphatic hydroxyl groups excluding tert-OH is 1. The molecule has 21 heavy (non-hydrogen) atoms. The van der Waals surface area contributed by atoms with Gasteiger partial charge in [0.25, 0.3) is 0 Å². The molecule has 3 rings (SSSR count). The summed E-state index contributed by atoms with van der Waals surface area (Å²) in [7, 11) is 0. The molecule has 0 saturated carbocycles. The van der Waals surface area contributed by atoms with Crippen molar-refractivity contribution in [3.8, 4) is 0 Å². The third-order valence-corrected chi connectivity index (χ3v) is 3.62. The van der Waals surface area contributed by atoms with Crippen molar-refractivity contribution in [3.05, 3.63) is 35.8 Å². The van der Waals surface area contributed by atoms with Crippen LogP contribution in [0.4, 0.5) is 0 Å². The largest absolute Gasteiger partial charge is 0.467 e. The van der Waals surface area contributed by atoms with Gasteiger partial charge < -0.3 is 18.8 Å². The molecule has 0 unspecified atom stereocenters. The summed E-state index contributed by atoms with van der Waals surface area (Å²) in [6.07, 6.45) is 1.09. The lowest BCUT2D eigenvalue weighted by atomic mass is 10.3. The normalized spacial score (nSPS) is 16.9. The molecule has 7 heteroatoms. The van der Waals surface area contributed by atoms with Crippen molar-refractivity contribution in [2.24, 2.45) is 0 Å². The standard InChI is InChI=1S/C14H20N4O3/c1-11-15-16-14-8-17(4-5-18(11)14)7-12(19)9-20-10-13-3-2-6-21-13/h2-3,6,12,19H,4-5,7-10H2,1H3/t12-/m0/s1. The topological polar surface area (TPSA) is 76.6 Å². The van der Waals surface area contributed by atoms with Gasteiger partial charge in [0.15, 0.2) is 0 Å². The second kappa shape index (κ2) is 6.38. The molecule has 1 aliphatic heterocycles. The zero-order valence-corrected chi connectivity index (χ0v) is 12.1. The van der Waals surface area contributed by atoms with E-state index < -0.39 is 6.10 Å². The number of fused-ring (bicyclic) bond motifs is 1.